The van der Waals surface area contributed by atoms with E-state index in [1.165, 1.54) is 19.4 Å². The van der Waals surface area contributed by atoms with E-state index in [9.17, 15) is 0 Å². The van der Waals surface area contributed by atoms with Crippen LogP contribution in [0.4, 0.5) is 0 Å². The predicted molar refractivity (Wildman–Crippen MR) is 64.2 cm³/mol. The Labute approximate surface area is 94.2 Å². The van der Waals surface area contributed by atoms with Crippen molar-refractivity contribution in [1.82, 2.24) is 10.2 Å². The molecular formula is C12H26N2O. The Bertz CT molecular complexity index is 175. The first-order valence-corrected chi connectivity index (χ1v) is 6.20. The molecule has 3 unspecified atom stereocenters. The van der Waals surface area contributed by atoms with Gasteiger partial charge in [0.25, 0.3) is 0 Å². The van der Waals surface area contributed by atoms with Gasteiger partial charge in [-0.05, 0) is 19.8 Å². The third kappa shape index (κ3) is 3.44. The van der Waals surface area contributed by atoms with Crippen LogP contribution in [0.2, 0.25) is 0 Å². The van der Waals surface area contributed by atoms with Crippen LogP contribution < -0.4 is 5.32 Å². The number of nitrogens with one attached hydrogen (secondary N) is 1. The molecular weight excluding hydrogens is 188 g/mol. The molecule has 0 aromatic heterocycles. The maximum Gasteiger partial charge on any atom is 0.0618 e. The van der Waals surface area contributed by atoms with E-state index in [-0.39, 0.29) is 0 Å². The maximum atomic E-state index is 5.30. The number of methoxy groups -OCH3 is 1. The van der Waals surface area contributed by atoms with Gasteiger partial charge in [-0.3, -0.25) is 4.90 Å². The highest BCUT2D eigenvalue weighted by Crippen LogP contribution is 2.15. The van der Waals surface area contributed by atoms with Crippen molar-refractivity contribution in [3.8, 4) is 0 Å². The van der Waals surface area contributed by atoms with Gasteiger partial charge in [0.05, 0.1) is 6.61 Å². The lowest BCUT2D eigenvalue weighted by Crippen LogP contribution is -2.59. The molecule has 1 aliphatic rings. The van der Waals surface area contributed by atoms with E-state index < -0.39 is 0 Å². The second kappa shape index (κ2) is 6.46. The van der Waals surface area contributed by atoms with Crippen molar-refractivity contribution in [2.45, 2.75) is 51.7 Å². The molecule has 1 aliphatic heterocycles. The Hall–Kier alpha value is -0.120. The smallest absolute Gasteiger partial charge is 0.0618 e. The van der Waals surface area contributed by atoms with Crippen LogP contribution in [0.15, 0.2) is 0 Å². The van der Waals surface area contributed by atoms with Crippen molar-refractivity contribution >= 4 is 0 Å². The van der Waals surface area contributed by atoms with Crippen molar-refractivity contribution in [3.05, 3.63) is 0 Å². The lowest BCUT2D eigenvalue weighted by atomic mass is 10.0. The number of piperazine rings is 1. The number of rotatable bonds is 5. The van der Waals surface area contributed by atoms with E-state index in [0.29, 0.717) is 18.1 Å². The van der Waals surface area contributed by atoms with Crippen LogP contribution >= 0.6 is 0 Å². The molecule has 3 heteroatoms. The molecule has 1 N–H and O–H groups in total. The normalized spacial score (nSPS) is 30.4. The number of hydrogen-bond donors (Lipinski definition) is 1. The molecule has 3 nitrogen and oxygen atoms in total. The number of nitrogens with zero attached hydrogens (tertiary/aromatic N) is 1. The summed E-state index contributed by atoms with van der Waals surface area (Å²) in [6.07, 6.45) is 2.39. The fourth-order valence-electron chi connectivity index (χ4n) is 2.38. The third-order valence-electron chi connectivity index (χ3n) is 3.49. The minimum Gasteiger partial charge on any atom is -0.383 e. The molecule has 1 fully saturated rings. The van der Waals surface area contributed by atoms with Gasteiger partial charge in [0.15, 0.2) is 0 Å². The van der Waals surface area contributed by atoms with E-state index in [4.69, 9.17) is 4.74 Å². The summed E-state index contributed by atoms with van der Waals surface area (Å²) in [4.78, 5) is 2.61. The molecule has 0 bridgehead atoms. The van der Waals surface area contributed by atoms with Crippen LogP contribution in [0, 0.1) is 0 Å². The summed E-state index contributed by atoms with van der Waals surface area (Å²) < 4.78 is 5.30. The highest BCUT2D eigenvalue weighted by molar-refractivity contribution is 4.86. The highest BCUT2D eigenvalue weighted by Gasteiger charge is 2.28. The fraction of sp³-hybridized carbons (Fsp3) is 1.00. The first kappa shape index (κ1) is 12.9. The average Bonchev–Trinajstić information content (AvgIpc) is 2.27. The van der Waals surface area contributed by atoms with Gasteiger partial charge in [0.1, 0.15) is 0 Å². The van der Waals surface area contributed by atoms with E-state index in [1.807, 2.05) is 0 Å². The van der Waals surface area contributed by atoms with Crippen LogP contribution in [0.3, 0.4) is 0 Å². The Morgan fingerprint density at radius 2 is 2.20 bits per heavy atom. The minimum atomic E-state index is 0.584. The zero-order chi connectivity index (χ0) is 11.3. The third-order valence-corrected chi connectivity index (χ3v) is 3.49. The molecule has 0 aromatic carbocycles. The van der Waals surface area contributed by atoms with Gasteiger partial charge < -0.3 is 10.1 Å². The molecule has 90 valence electrons. The summed E-state index contributed by atoms with van der Waals surface area (Å²) in [5.74, 6) is 0. The van der Waals surface area contributed by atoms with Gasteiger partial charge in [0.2, 0.25) is 0 Å². The second-order valence-electron chi connectivity index (χ2n) is 4.58. The molecule has 15 heavy (non-hydrogen) atoms. The second-order valence-corrected chi connectivity index (χ2v) is 4.58. The van der Waals surface area contributed by atoms with Crippen LogP contribution in [0.1, 0.15) is 33.6 Å². The molecule has 0 spiro atoms. The zero-order valence-corrected chi connectivity index (χ0v) is 10.6. The van der Waals surface area contributed by atoms with E-state index in [0.717, 1.165) is 13.2 Å². The molecule has 0 radical (unpaired) electrons. The zero-order valence-electron chi connectivity index (χ0n) is 10.6. The maximum absolute atomic E-state index is 5.30. The monoisotopic (exact) mass is 214 g/mol. The summed E-state index contributed by atoms with van der Waals surface area (Å²) >= 11 is 0. The van der Waals surface area contributed by atoms with Crippen molar-refractivity contribution < 1.29 is 4.74 Å². The van der Waals surface area contributed by atoms with E-state index in [2.05, 4.69) is 31.0 Å². The standard InChI is InChI=1S/C12H26N2O/c1-5-11-8-14(10(3)7-13-11)12(6-2)9-15-4/h10-13H,5-9H2,1-4H3. The summed E-state index contributed by atoms with van der Waals surface area (Å²) in [5.41, 5.74) is 0. The number of ether oxygens (including phenoxy) is 1. The van der Waals surface area contributed by atoms with Crippen LogP contribution in [0.5, 0.6) is 0 Å². The molecule has 0 aliphatic carbocycles. The van der Waals surface area contributed by atoms with Gasteiger partial charge in [0, 0.05) is 38.3 Å². The molecule has 1 heterocycles. The van der Waals surface area contributed by atoms with Crippen molar-refractivity contribution in [1.29, 1.82) is 0 Å². The Balaban J connectivity index is 2.54. The van der Waals surface area contributed by atoms with E-state index >= 15 is 0 Å². The van der Waals surface area contributed by atoms with Gasteiger partial charge >= 0.3 is 0 Å². The molecule has 1 rings (SSSR count). The van der Waals surface area contributed by atoms with Gasteiger partial charge in [-0.1, -0.05) is 13.8 Å². The van der Waals surface area contributed by atoms with Crippen LogP contribution in [-0.4, -0.2) is 49.8 Å². The quantitative estimate of drug-likeness (QED) is 0.750. The summed E-state index contributed by atoms with van der Waals surface area (Å²) in [5, 5.41) is 3.59. The predicted octanol–water partition coefficient (Wildman–Crippen LogP) is 1.48. The topological polar surface area (TPSA) is 24.5 Å². The van der Waals surface area contributed by atoms with Crippen LogP contribution in [0.25, 0.3) is 0 Å². The average molecular weight is 214 g/mol. The summed E-state index contributed by atoms with van der Waals surface area (Å²) in [6, 6.07) is 1.88. The SMILES string of the molecule is CCC1CN(C(CC)COC)C(C)CN1. The largest absolute Gasteiger partial charge is 0.383 e. The lowest BCUT2D eigenvalue weighted by molar-refractivity contribution is 0.0368. The highest BCUT2D eigenvalue weighted by atomic mass is 16.5. The number of hydrogen-bond acceptors (Lipinski definition) is 3. The Kier molecular flexibility index (Phi) is 5.58. The van der Waals surface area contributed by atoms with E-state index in [1.54, 1.807) is 7.11 Å². The lowest BCUT2D eigenvalue weighted by Gasteiger charge is -2.42. The summed E-state index contributed by atoms with van der Waals surface area (Å²) in [6.45, 7) is 9.94. The van der Waals surface area contributed by atoms with Crippen molar-refractivity contribution in [2.75, 3.05) is 26.8 Å². The molecule has 0 amide bonds. The summed E-state index contributed by atoms with van der Waals surface area (Å²) in [7, 11) is 1.80. The Morgan fingerprint density at radius 3 is 2.73 bits per heavy atom. The van der Waals surface area contributed by atoms with Crippen LogP contribution in [-0.2, 0) is 4.74 Å². The van der Waals surface area contributed by atoms with Gasteiger partial charge in [-0.15, -0.1) is 0 Å². The molecule has 0 aromatic rings. The Morgan fingerprint density at radius 1 is 1.47 bits per heavy atom. The first-order chi connectivity index (χ1) is 7.22. The van der Waals surface area contributed by atoms with Gasteiger partial charge in [-0.2, -0.15) is 0 Å². The van der Waals surface area contributed by atoms with Gasteiger partial charge in [-0.25, -0.2) is 0 Å². The van der Waals surface area contributed by atoms with Crippen molar-refractivity contribution in [2.24, 2.45) is 0 Å². The molecule has 1 saturated heterocycles. The fourth-order valence-corrected chi connectivity index (χ4v) is 2.38. The molecule has 0 saturated carbocycles. The minimum absolute atomic E-state index is 0.584. The molecule has 3 atom stereocenters. The van der Waals surface area contributed by atoms with Crippen molar-refractivity contribution in [3.63, 3.8) is 0 Å². The first-order valence-electron chi connectivity index (χ1n) is 6.20.